The zero-order valence-electron chi connectivity index (χ0n) is 16.2. The summed E-state index contributed by atoms with van der Waals surface area (Å²) in [7, 11) is -4.02. The normalized spacial score (nSPS) is 12.1. The summed E-state index contributed by atoms with van der Waals surface area (Å²) < 4.78 is 31.8. The molecule has 5 rings (SSSR count). The monoisotopic (exact) mass is 417 g/mol. The number of hydrogen-bond donors (Lipinski definition) is 2. The lowest BCUT2D eigenvalue weighted by Gasteiger charge is -2.12. The molecule has 1 heterocycles. The summed E-state index contributed by atoms with van der Waals surface area (Å²) in [5.74, 6) is 0.282. The Labute approximate surface area is 173 Å². The van der Waals surface area contributed by atoms with Crippen LogP contribution in [0.3, 0.4) is 0 Å². The highest BCUT2D eigenvalue weighted by Crippen LogP contribution is 2.34. The lowest BCUT2D eigenvalue weighted by molar-refractivity contribution is 0.282. The summed E-state index contributed by atoms with van der Waals surface area (Å²) in [4.78, 5) is 3.47. The first-order chi connectivity index (χ1) is 14.5. The van der Waals surface area contributed by atoms with Crippen LogP contribution in [-0.2, 0) is 16.7 Å². The molecule has 0 aliphatic rings. The largest absolute Gasteiger partial charge is 0.392 e. The summed E-state index contributed by atoms with van der Waals surface area (Å²) in [6, 6.07) is 21.7. The molecule has 0 saturated heterocycles. The molecule has 0 radical (unpaired) electrons. The van der Waals surface area contributed by atoms with E-state index < -0.39 is 10.1 Å². The van der Waals surface area contributed by atoms with Gasteiger partial charge in [0.05, 0.1) is 12.1 Å². The minimum Gasteiger partial charge on any atom is -0.392 e. The number of aliphatic hydroxyl groups is 1. The highest BCUT2D eigenvalue weighted by atomic mass is 32.2. The van der Waals surface area contributed by atoms with Crippen molar-refractivity contribution in [2.45, 2.75) is 18.4 Å². The summed E-state index contributed by atoms with van der Waals surface area (Å²) in [5, 5.41) is 12.8. The molecule has 1 aromatic heterocycles. The highest BCUT2D eigenvalue weighted by molar-refractivity contribution is 7.87. The fraction of sp³-hybridized carbons (Fsp3) is 0.0833. The number of aromatic nitrogens is 1. The quantitative estimate of drug-likeness (QED) is 0.402. The highest BCUT2D eigenvalue weighted by Gasteiger charge is 2.21. The van der Waals surface area contributed by atoms with Crippen LogP contribution in [0, 0.1) is 6.92 Å². The first-order valence-corrected chi connectivity index (χ1v) is 11.0. The van der Waals surface area contributed by atoms with E-state index in [2.05, 4.69) is 4.98 Å². The van der Waals surface area contributed by atoms with Gasteiger partial charge in [-0.25, -0.2) is 0 Å². The Bertz CT molecular complexity index is 1530. The van der Waals surface area contributed by atoms with Gasteiger partial charge in [0.25, 0.3) is 0 Å². The molecule has 0 amide bonds. The van der Waals surface area contributed by atoms with Crippen LogP contribution >= 0.6 is 0 Å². The van der Waals surface area contributed by atoms with Crippen LogP contribution in [0.5, 0.6) is 5.75 Å². The molecule has 0 fully saturated rings. The Morgan fingerprint density at radius 3 is 2.50 bits per heavy atom. The average molecular weight is 417 g/mol. The summed E-state index contributed by atoms with van der Waals surface area (Å²) >= 11 is 0. The maximum absolute atomic E-state index is 13.1. The Morgan fingerprint density at radius 2 is 1.67 bits per heavy atom. The Hall–Kier alpha value is -3.35. The molecule has 0 atom stereocenters. The van der Waals surface area contributed by atoms with Gasteiger partial charge in [-0.1, -0.05) is 48.5 Å². The van der Waals surface area contributed by atoms with E-state index in [1.165, 1.54) is 0 Å². The van der Waals surface area contributed by atoms with Crippen LogP contribution in [0.4, 0.5) is 0 Å². The number of H-pyrrole nitrogens is 1. The van der Waals surface area contributed by atoms with Gasteiger partial charge in [-0.2, -0.15) is 8.42 Å². The molecule has 30 heavy (non-hydrogen) atoms. The van der Waals surface area contributed by atoms with Crippen LogP contribution in [-0.4, -0.2) is 18.5 Å². The van der Waals surface area contributed by atoms with E-state index in [9.17, 15) is 13.5 Å². The third kappa shape index (κ3) is 2.93. The van der Waals surface area contributed by atoms with Crippen LogP contribution in [0.2, 0.25) is 0 Å². The molecule has 6 heteroatoms. The van der Waals surface area contributed by atoms with Crippen molar-refractivity contribution in [2.75, 3.05) is 0 Å². The van der Waals surface area contributed by atoms with Gasteiger partial charge >= 0.3 is 10.1 Å². The van der Waals surface area contributed by atoms with Gasteiger partial charge in [0.2, 0.25) is 0 Å². The van der Waals surface area contributed by atoms with E-state index in [0.29, 0.717) is 10.9 Å². The van der Waals surface area contributed by atoms with E-state index in [0.717, 1.165) is 32.8 Å². The molecule has 5 nitrogen and oxygen atoms in total. The van der Waals surface area contributed by atoms with Crippen LogP contribution in [0.15, 0.2) is 77.7 Å². The molecule has 0 unspecified atom stereocenters. The van der Waals surface area contributed by atoms with Crippen molar-refractivity contribution in [3.63, 3.8) is 0 Å². The maximum Gasteiger partial charge on any atom is 0.339 e. The minimum atomic E-state index is -4.02. The smallest absolute Gasteiger partial charge is 0.339 e. The van der Waals surface area contributed by atoms with Crippen molar-refractivity contribution in [3.8, 4) is 5.75 Å². The third-order valence-corrected chi connectivity index (χ3v) is 6.74. The molecular weight excluding hydrogens is 398 g/mol. The van der Waals surface area contributed by atoms with Crippen molar-refractivity contribution < 1.29 is 17.7 Å². The summed E-state index contributed by atoms with van der Waals surface area (Å²) in [5.41, 5.74) is 3.21. The molecule has 0 saturated carbocycles. The second-order valence-electron chi connectivity index (χ2n) is 7.29. The molecule has 0 spiro atoms. The number of aryl methyl sites for hydroxylation is 1. The number of rotatable bonds is 4. The predicted molar refractivity (Wildman–Crippen MR) is 118 cm³/mol. The zero-order valence-corrected chi connectivity index (χ0v) is 17.0. The lowest BCUT2D eigenvalue weighted by Crippen LogP contribution is -2.11. The number of fused-ring (bicyclic) bond motifs is 4. The average Bonchev–Trinajstić information content (AvgIpc) is 3.13. The second kappa shape index (κ2) is 6.86. The first kappa shape index (κ1) is 18.7. The maximum atomic E-state index is 13.1. The van der Waals surface area contributed by atoms with Crippen molar-refractivity contribution in [1.82, 2.24) is 4.98 Å². The molecule has 2 N–H and O–H groups in total. The molecule has 0 aliphatic carbocycles. The molecule has 150 valence electrons. The van der Waals surface area contributed by atoms with E-state index in [-0.39, 0.29) is 17.3 Å². The fourth-order valence-corrected chi connectivity index (χ4v) is 5.12. The van der Waals surface area contributed by atoms with Crippen molar-refractivity contribution in [2.24, 2.45) is 0 Å². The van der Waals surface area contributed by atoms with Gasteiger partial charge in [-0.05, 0) is 42.1 Å². The van der Waals surface area contributed by atoms with E-state index in [1.54, 1.807) is 24.3 Å². The Balaban J connectivity index is 1.62. The van der Waals surface area contributed by atoms with Crippen LogP contribution in [0.25, 0.3) is 32.6 Å². The summed E-state index contributed by atoms with van der Waals surface area (Å²) in [6.45, 7) is 1.79. The molecule has 0 aliphatic heterocycles. The molecule has 4 aromatic carbocycles. The van der Waals surface area contributed by atoms with Gasteiger partial charge in [0, 0.05) is 27.2 Å². The fourth-order valence-electron chi connectivity index (χ4n) is 3.91. The predicted octanol–water partition coefficient (Wildman–Crippen LogP) is 5.04. The minimum absolute atomic E-state index is 0.0398. The number of hydrogen-bond acceptors (Lipinski definition) is 4. The number of aromatic amines is 1. The van der Waals surface area contributed by atoms with Crippen molar-refractivity contribution in [3.05, 3.63) is 83.9 Å². The second-order valence-corrected chi connectivity index (χ2v) is 8.80. The Morgan fingerprint density at radius 1 is 0.900 bits per heavy atom. The third-order valence-electron chi connectivity index (χ3n) is 5.45. The van der Waals surface area contributed by atoms with Gasteiger partial charge in [0.15, 0.2) is 0 Å². The summed E-state index contributed by atoms with van der Waals surface area (Å²) in [6.07, 6.45) is 0. The van der Waals surface area contributed by atoms with E-state index in [1.807, 2.05) is 55.5 Å². The van der Waals surface area contributed by atoms with Crippen molar-refractivity contribution in [1.29, 1.82) is 0 Å². The van der Waals surface area contributed by atoms with Gasteiger partial charge < -0.3 is 14.3 Å². The van der Waals surface area contributed by atoms with Gasteiger partial charge in [0.1, 0.15) is 10.6 Å². The standard InChI is InChI=1S/C24H19NO4S/c1-15-22(12-11-20-19-10-9-16(14-26)13-21(19)25-24(15)20)29-30(27,28)23-8-4-6-17-5-2-3-7-18(17)23/h2-13,25-26H,14H2,1H3. The Kier molecular flexibility index (Phi) is 4.27. The van der Waals surface area contributed by atoms with Crippen molar-refractivity contribution >= 4 is 42.7 Å². The van der Waals surface area contributed by atoms with E-state index >= 15 is 0 Å². The SMILES string of the molecule is Cc1c(OS(=O)(=O)c2cccc3ccccc23)ccc2c1[nH]c1cc(CO)ccc12. The molecule has 5 aromatic rings. The van der Waals surface area contributed by atoms with Crippen LogP contribution in [0.1, 0.15) is 11.1 Å². The molecule has 0 bridgehead atoms. The lowest BCUT2D eigenvalue weighted by atomic mass is 10.1. The topological polar surface area (TPSA) is 79.4 Å². The molecular formula is C24H19NO4S. The zero-order chi connectivity index (χ0) is 20.9. The number of aliphatic hydroxyl groups excluding tert-OH is 1. The number of benzene rings is 4. The van der Waals surface area contributed by atoms with Gasteiger partial charge in [-0.15, -0.1) is 0 Å². The number of nitrogens with one attached hydrogen (secondary N) is 1. The van der Waals surface area contributed by atoms with Crippen LogP contribution < -0.4 is 4.18 Å². The first-order valence-electron chi connectivity index (χ1n) is 9.55. The van der Waals surface area contributed by atoms with Gasteiger partial charge in [-0.3, -0.25) is 0 Å². The van der Waals surface area contributed by atoms with E-state index in [4.69, 9.17) is 4.18 Å².